The van der Waals surface area contributed by atoms with Gasteiger partial charge in [-0.3, -0.25) is 0 Å². The van der Waals surface area contributed by atoms with Crippen LogP contribution in [-0.4, -0.2) is 41.9 Å². The fourth-order valence-electron chi connectivity index (χ4n) is 2.93. The highest BCUT2D eigenvalue weighted by molar-refractivity contribution is 7.89. The van der Waals surface area contributed by atoms with Crippen LogP contribution in [0.2, 0.25) is 5.02 Å². The minimum absolute atomic E-state index is 0.00767. The Morgan fingerprint density at radius 1 is 1.28 bits per heavy atom. The SMILES string of the molecule is O=C(OCc1nc(-c2ccsc2)no1)c1cc(S(=O)(=O)N2CCCC2)ccc1Cl. The van der Waals surface area contributed by atoms with Crippen molar-refractivity contribution in [3.63, 3.8) is 0 Å². The van der Waals surface area contributed by atoms with E-state index in [2.05, 4.69) is 10.1 Å². The van der Waals surface area contributed by atoms with Crippen LogP contribution in [0.5, 0.6) is 0 Å². The summed E-state index contributed by atoms with van der Waals surface area (Å²) in [4.78, 5) is 16.6. The first-order chi connectivity index (χ1) is 13.9. The Labute approximate surface area is 176 Å². The molecule has 2 aromatic heterocycles. The van der Waals surface area contributed by atoms with E-state index in [9.17, 15) is 13.2 Å². The van der Waals surface area contributed by atoms with E-state index in [4.69, 9.17) is 20.9 Å². The third-order valence-corrected chi connectivity index (χ3v) is 7.34. The highest BCUT2D eigenvalue weighted by Crippen LogP contribution is 2.26. The average molecular weight is 454 g/mol. The summed E-state index contributed by atoms with van der Waals surface area (Å²) in [6.07, 6.45) is 1.64. The van der Waals surface area contributed by atoms with Crippen LogP contribution in [0.1, 0.15) is 29.1 Å². The van der Waals surface area contributed by atoms with Crippen molar-refractivity contribution in [2.45, 2.75) is 24.3 Å². The van der Waals surface area contributed by atoms with Crippen LogP contribution in [0.15, 0.2) is 44.4 Å². The number of rotatable bonds is 6. The molecule has 0 saturated carbocycles. The molecule has 11 heteroatoms. The number of esters is 1. The summed E-state index contributed by atoms with van der Waals surface area (Å²) in [7, 11) is -3.67. The average Bonchev–Trinajstić information content (AvgIpc) is 3.48. The number of hydrogen-bond donors (Lipinski definition) is 0. The molecule has 0 amide bonds. The van der Waals surface area contributed by atoms with Gasteiger partial charge in [-0.15, -0.1) is 0 Å². The van der Waals surface area contributed by atoms with E-state index in [0.29, 0.717) is 18.9 Å². The predicted molar refractivity (Wildman–Crippen MR) is 106 cm³/mol. The van der Waals surface area contributed by atoms with Crippen molar-refractivity contribution < 1.29 is 22.5 Å². The van der Waals surface area contributed by atoms with Crippen molar-refractivity contribution in [1.82, 2.24) is 14.4 Å². The van der Waals surface area contributed by atoms with Crippen molar-refractivity contribution in [1.29, 1.82) is 0 Å². The largest absolute Gasteiger partial charge is 0.452 e. The maximum atomic E-state index is 12.7. The van der Waals surface area contributed by atoms with Crippen LogP contribution < -0.4 is 0 Å². The van der Waals surface area contributed by atoms with Crippen LogP contribution in [0.3, 0.4) is 0 Å². The molecule has 0 N–H and O–H groups in total. The standard InChI is InChI=1S/C18H16ClN3O5S2/c19-15-4-3-13(29(24,25)22-6-1-2-7-22)9-14(15)18(23)26-10-16-20-17(21-27-16)12-5-8-28-11-12/h3-5,8-9,11H,1-2,6-7,10H2. The van der Waals surface area contributed by atoms with Gasteiger partial charge in [0.05, 0.1) is 15.5 Å². The number of thiophene rings is 1. The molecule has 0 unspecified atom stereocenters. The van der Waals surface area contributed by atoms with E-state index < -0.39 is 16.0 Å². The zero-order chi connectivity index (χ0) is 20.4. The van der Waals surface area contributed by atoms with Crippen LogP contribution in [0.25, 0.3) is 11.4 Å². The van der Waals surface area contributed by atoms with Crippen LogP contribution in [-0.2, 0) is 21.4 Å². The number of ether oxygens (including phenoxy) is 1. The van der Waals surface area contributed by atoms with Crippen molar-refractivity contribution in [2.24, 2.45) is 0 Å². The molecular formula is C18H16ClN3O5S2. The molecule has 0 atom stereocenters. The Kier molecular flexibility index (Phi) is 5.68. The fourth-order valence-corrected chi connectivity index (χ4v) is 5.30. The third kappa shape index (κ3) is 4.20. The van der Waals surface area contributed by atoms with Gasteiger partial charge in [-0.05, 0) is 42.5 Å². The lowest BCUT2D eigenvalue weighted by Gasteiger charge is -2.16. The molecule has 1 aliphatic heterocycles. The second-order valence-electron chi connectivity index (χ2n) is 6.35. The number of hydrogen-bond acceptors (Lipinski definition) is 8. The smallest absolute Gasteiger partial charge is 0.340 e. The zero-order valence-corrected chi connectivity index (χ0v) is 17.5. The summed E-state index contributed by atoms with van der Waals surface area (Å²) in [5.74, 6) is -0.255. The van der Waals surface area contributed by atoms with Crippen molar-refractivity contribution in [3.05, 3.63) is 51.5 Å². The number of sulfonamides is 1. The maximum Gasteiger partial charge on any atom is 0.340 e. The summed E-state index contributed by atoms with van der Waals surface area (Å²) in [5, 5.41) is 7.69. The second-order valence-corrected chi connectivity index (χ2v) is 9.48. The first-order valence-corrected chi connectivity index (χ1v) is 11.5. The van der Waals surface area contributed by atoms with Crippen molar-refractivity contribution in [2.75, 3.05) is 13.1 Å². The minimum atomic E-state index is -3.67. The van der Waals surface area contributed by atoms with Crippen molar-refractivity contribution in [3.8, 4) is 11.4 Å². The molecule has 8 nitrogen and oxygen atoms in total. The van der Waals surface area contributed by atoms with E-state index in [1.807, 2.05) is 16.8 Å². The Morgan fingerprint density at radius 3 is 2.79 bits per heavy atom. The lowest BCUT2D eigenvalue weighted by molar-refractivity contribution is 0.0429. The number of carbonyl (C=O) groups is 1. The topological polar surface area (TPSA) is 103 Å². The molecule has 29 heavy (non-hydrogen) atoms. The maximum absolute atomic E-state index is 12.7. The predicted octanol–water partition coefficient (Wildman–Crippen LogP) is 3.59. The molecule has 0 radical (unpaired) electrons. The molecule has 1 fully saturated rings. The van der Waals surface area contributed by atoms with Gasteiger partial charge in [0.2, 0.25) is 15.8 Å². The molecule has 0 bridgehead atoms. The van der Waals surface area contributed by atoms with E-state index >= 15 is 0 Å². The Morgan fingerprint density at radius 2 is 2.07 bits per heavy atom. The molecule has 0 aliphatic carbocycles. The van der Waals surface area contributed by atoms with Gasteiger partial charge in [0.25, 0.3) is 5.89 Å². The van der Waals surface area contributed by atoms with Gasteiger partial charge in [-0.1, -0.05) is 16.8 Å². The minimum Gasteiger partial charge on any atom is -0.452 e. The van der Waals surface area contributed by atoms with E-state index in [1.165, 1.54) is 33.8 Å². The number of halogens is 1. The van der Waals surface area contributed by atoms with Gasteiger partial charge >= 0.3 is 5.97 Å². The van der Waals surface area contributed by atoms with E-state index in [1.54, 1.807) is 0 Å². The van der Waals surface area contributed by atoms with Crippen molar-refractivity contribution >= 4 is 38.9 Å². The molecule has 152 valence electrons. The summed E-state index contributed by atoms with van der Waals surface area (Å²) in [6, 6.07) is 5.85. The highest BCUT2D eigenvalue weighted by Gasteiger charge is 2.28. The molecule has 1 aliphatic rings. The summed E-state index contributed by atoms with van der Waals surface area (Å²) in [6.45, 7) is 0.679. The van der Waals surface area contributed by atoms with E-state index in [0.717, 1.165) is 18.4 Å². The van der Waals surface area contributed by atoms with Gasteiger partial charge < -0.3 is 9.26 Å². The second kappa shape index (κ2) is 8.23. The highest BCUT2D eigenvalue weighted by atomic mass is 35.5. The van der Waals surface area contributed by atoms with Gasteiger partial charge in [0, 0.05) is 24.0 Å². The van der Waals surface area contributed by atoms with Crippen LogP contribution >= 0.6 is 22.9 Å². The quantitative estimate of drug-likeness (QED) is 0.525. The molecule has 3 aromatic rings. The number of nitrogens with zero attached hydrogens (tertiary/aromatic N) is 3. The Hall–Kier alpha value is -2.27. The summed E-state index contributed by atoms with van der Waals surface area (Å²) in [5.41, 5.74) is 0.767. The third-order valence-electron chi connectivity index (χ3n) is 4.43. The first-order valence-electron chi connectivity index (χ1n) is 8.77. The molecule has 4 rings (SSSR count). The first kappa shape index (κ1) is 20.0. The summed E-state index contributed by atoms with van der Waals surface area (Å²) < 4.78 is 37.1. The van der Waals surface area contributed by atoms with Gasteiger partial charge in [-0.25, -0.2) is 13.2 Å². The molecule has 1 aromatic carbocycles. The molecule has 1 saturated heterocycles. The number of carbonyl (C=O) groups excluding carboxylic acids is 1. The normalized spacial score (nSPS) is 14.9. The summed E-state index contributed by atoms with van der Waals surface area (Å²) >= 11 is 7.59. The lowest BCUT2D eigenvalue weighted by Crippen LogP contribution is -2.28. The van der Waals surface area contributed by atoms with Gasteiger partial charge in [0.15, 0.2) is 6.61 Å². The Balaban J connectivity index is 1.48. The molecular weight excluding hydrogens is 438 g/mol. The molecule has 0 spiro atoms. The monoisotopic (exact) mass is 453 g/mol. The molecule has 3 heterocycles. The van der Waals surface area contributed by atoms with Crippen LogP contribution in [0, 0.1) is 0 Å². The lowest BCUT2D eigenvalue weighted by atomic mass is 10.2. The fraction of sp³-hybridized carbons (Fsp3) is 0.278. The van der Waals surface area contributed by atoms with E-state index in [-0.39, 0.29) is 28.0 Å². The number of benzene rings is 1. The zero-order valence-electron chi connectivity index (χ0n) is 15.1. The van der Waals surface area contributed by atoms with Gasteiger partial charge in [0.1, 0.15) is 0 Å². The van der Waals surface area contributed by atoms with Gasteiger partial charge in [-0.2, -0.15) is 20.6 Å². The Bertz CT molecular complexity index is 1120. The van der Waals surface area contributed by atoms with Crippen LogP contribution in [0.4, 0.5) is 0 Å². The number of aromatic nitrogens is 2.